The number of carbonyl (C=O) groups is 1. The third kappa shape index (κ3) is 5.08. The molecule has 0 atom stereocenters. The van der Waals surface area contributed by atoms with Crippen molar-refractivity contribution in [2.24, 2.45) is 0 Å². The number of ether oxygens (including phenoxy) is 1. The molecular weight excluding hydrogens is 344 g/mol. The van der Waals surface area contributed by atoms with Crippen molar-refractivity contribution in [2.45, 2.75) is 38.8 Å². The molecule has 0 unspecified atom stereocenters. The van der Waals surface area contributed by atoms with Crippen LogP contribution in [0.4, 0.5) is 0 Å². The number of aromatic nitrogens is 1. The number of rotatable bonds is 9. The fourth-order valence-electron chi connectivity index (χ4n) is 2.68. The lowest BCUT2D eigenvalue weighted by molar-refractivity contribution is -0.152. The molecule has 1 aromatic heterocycles. The Bertz CT molecular complexity index is 884. The summed E-state index contributed by atoms with van der Waals surface area (Å²) >= 11 is 0. The van der Waals surface area contributed by atoms with E-state index >= 15 is 0 Å². The van der Waals surface area contributed by atoms with Crippen LogP contribution in [0.2, 0.25) is 0 Å². The number of aliphatic carboxylic acids is 1. The van der Waals surface area contributed by atoms with Crippen LogP contribution in [0.15, 0.2) is 52.9 Å². The van der Waals surface area contributed by atoms with Crippen LogP contribution in [0, 0.1) is 0 Å². The number of carboxylic acids is 1. The van der Waals surface area contributed by atoms with E-state index in [1.165, 1.54) is 13.8 Å². The third-order valence-corrected chi connectivity index (χ3v) is 4.20. The highest BCUT2D eigenvalue weighted by Gasteiger charge is 2.29. The first kappa shape index (κ1) is 18.9. The maximum absolute atomic E-state index is 11.2. The summed E-state index contributed by atoms with van der Waals surface area (Å²) < 4.78 is 11.3. The molecule has 142 valence electrons. The van der Waals surface area contributed by atoms with Crippen LogP contribution in [0.1, 0.15) is 31.7 Å². The van der Waals surface area contributed by atoms with Crippen LogP contribution in [0.5, 0.6) is 5.75 Å². The van der Waals surface area contributed by atoms with Gasteiger partial charge in [-0.3, -0.25) is 0 Å². The van der Waals surface area contributed by atoms with Gasteiger partial charge in [-0.15, -0.1) is 0 Å². The molecule has 6 nitrogen and oxygen atoms in total. The second-order valence-electron chi connectivity index (χ2n) is 6.92. The highest BCUT2D eigenvalue weighted by molar-refractivity contribution is 5.76. The first-order chi connectivity index (χ1) is 12.9. The van der Waals surface area contributed by atoms with E-state index in [9.17, 15) is 4.79 Å². The average molecular weight is 368 g/mol. The molecule has 2 N–H and O–H groups in total. The number of nitrogens with one attached hydrogen (secondary N) is 1. The molecule has 27 heavy (non-hydrogen) atoms. The molecule has 0 aliphatic heterocycles. The van der Waals surface area contributed by atoms with Gasteiger partial charge in [0.1, 0.15) is 11.3 Å². The van der Waals surface area contributed by atoms with Gasteiger partial charge in [0, 0.05) is 13.0 Å². The van der Waals surface area contributed by atoms with E-state index in [1.807, 2.05) is 42.5 Å². The Kier molecular flexibility index (Phi) is 5.76. The number of aryl methyl sites for hydroxylation is 1. The first-order valence-electron chi connectivity index (χ1n) is 9.00. The Labute approximate surface area is 158 Å². The van der Waals surface area contributed by atoms with Crippen LogP contribution < -0.4 is 10.1 Å². The van der Waals surface area contributed by atoms with Crippen molar-refractivity contribution in [3.8, 4) is 5.75 Å². The molecule has 0 saturated heterocycles. The van der Waals surface area contributed by atoms with Crippen molar-refractivity contribution in [3.05, 3.63) is 60.0 Å². The summed E-state index contributed by atoms with van der Waals surface area (Å²) in [5.74, 6) is 0.308. The lowest BCUT2D eigenvalue weighted by Gasteiger charge is -2.21. The van der Waals surface area contributed by atoms with Gasteiger partial charge in [0.15, 0.2) is 17.1 Å². The molecule has 6 heteroatoms. The van der Waals surface area contributed by atoms with Gasteiger partial charge in [0.05, 0.1) is 0 Å². The molecule has 0 amide bonds. The van der Waals surface area contributed by atoms with Crippen LogP contribution in [-0.4, -0.2) is 28.2 Å². The number of carboxylic acid groups (broad SMARTS) is 1. The van der Waals surface area contributed by atoms with Crippen LogP contribution >= 0.6 is 0 Å². The second-order valence-corrected chi connectivity index (χ2v) is 6.92. The molecular formula is C21H24N2O4. The van der Waals surface area contributed by atoms with Gasteiger partial charge in [-0.1, -0.05) is 24.3 Å². The Hall–Kier alpha value is -2.86. The molecule has 0 spiro atoms. The third-order valence-electron chi connectivity index (χ3n) is 4.20. The number of hydrogen-bond donors (Lipinski definition) is 2. The van der Waals surface area contributed by atoms with Gasteiger partial charge in [-0.2, -0.15) is 0 Å². The summed E-state index contributed by atoms with van der Waals surface area (Å²) in [5.41, 5.74) is 1.49. The predicted octanol–water partition coefficient (Wildman–Crippen LogP) is 3.79. The van der Waals surface area contributed by atoms with Crippen molar-refractivity contribution in [1.82, 2.24) is 10.3 Å². The lowest BCUT2D eigenvalue weighted by atomic mass is 10.1. The van der Waals surface area contributed by atoms with Gasteiger partial charge in [-0.05, 0) is 56.6 Å². The minimum atomic E-state index is -1.26. The molecule has 0 saturated carbocycles. The van der Waals surface area contributed by atoms with Crippen molar-refractivity contribution in [2.75, 3.05) is 6.54 Å². The summed E-state index contributed by atoms with van der Waals surface area (Å²) in [6.45, 7) is 4.57. The maximum Gasteiger partial charge on any atom is 0.347 e. The van der Waals surface area contributed by atoms with Gasteiger partial charge >= 0.3 is 5.97 Å². The van der Waals surface area contributed by atoms with Crippen molar-refractivity contribution < 1.29 is 19.1 Å². The molecule has 3 rings (SSSR count). The molecule has 1 heterocycles. The zero-order valence-electron chi connectivity index (χ0n) is 15.6. The smallest absolute Gasteiger partial charge is 0.347 e. The quantitative estimate of drug-likeness (QED) is 0.559. The summed E-state index contributed by atoms with van der Waals surface area (Å²) in [5, 5.41) is 12.5. The van der Waals surface area contributed by atoms with E-state index in [-0.39, 0.29) is 0 Å². The number of hydrogen-bond acceptors (Lipinski definition) is 5. The van der Waals surface area contributed by atoms with Gasteiger partial charge in [0.25, 0.3) is 0 Å². The standard InChI is InChI=1S/C21H24N2O4/c1-21(2,20(24)25)27-16-8-5-7-15(13-16)14-22-12-6-11-19-23-17-9-3-4-10-18(17)26-19/h3-5,7-10,13,22H,6,11-12,14H2,1-2H3,(H,24,25). The van der Waals surface area contributed by atoms with E-state index < -0.39 is 11.6 Å². The zero-order valence-corrected chi connectivity index (χ0v) is 15.6. The summed E-state index contributed by atoms with van der Waals surface area (Å²) in [7, 11) is 0. The van der Waals surface area contributed by atoms with E-state index in [4.69, 9.17) is 14.3 Å². The number of oxazole rings is 1. The Balaban J connectivity index is 1.45. The van der Waals surface area contributed by atoms with Gasteiger partial charge in [0.2, 0.25) is 0 Å². The lowest BCUT2D eigenvalue weighted by Crippen LogP contribution is -2.37. The topological polar surface area (TPSA) is 84.6 Å². The zero-order chi connectivity index (χ0) is 19.3. The van der Waals surface area contributed by atoms with Crippen LogP contribution in [-0.2, 0) is 17.8 Å². The minimum absolute atomic E-state index is 0.549. The fourth-order valence-corrected chi connectivity index (χ4v) is 2.68. The number of nitrogens with zero attached hydrogens (tertiary/aromatic N) is 1. The first-order valence-corrected chi connectivity index (χ1v) is 9.00. The molecule has 2 aromatic carbocycles. The minimum Gasteiger partial charge on any atom is -0.478 e. The normalized spacial score (nSPS) is 11.6. The molecule has 0 aliphatic rings. The highest BCUT2D eigenvalue weighted by atomic mass is 16.5. The van der Waals surface area contributed by atoms with E-state index in [2.05, 4.69) is 10.3 Å². The maximum atomic E-state index is 11.2. The summed E-state index contributed by atoms with van der Waals surface area (Å²) in [6.07, 6.45) is 1.69. The SMILES string of the molecule is CC(C)(Oc1cccc(CNCCCc2nc3ccccc3o2)c1)C(=O)O. The van der Waals surface area contributed by atoms with Gasteiger partial charge in [-0.25, -0.2) is 9.78 Å². The number of benzene rings is 2. The van der Waals surface area contributed by atoms with E-state index in [1.54, 1.807) is 6.07 Å². The predicted molar refractivity (Wildman–Crippen MR) is 103 cm³/mol. The van der Waals surface area contributed by atoms with Crippen molar-refractivity contribution in [1.29, 1.82) is 0 Å². The molecule has 3 aromatic rings. The number of fused-ring (bicyclic) bond motifs is 1. The highest BCUT2D eigenvalue weighted by Crippen LogP contribution is 2.20. The molecule has 0 bridgehead atoms. The average Bonchev–Trinajstić information content (AvgIpc) is 3.04. The van der Waals surface area contributed by atoms with Crippen LogP contribution in [0.25, 0.3) is 11.1 Å². The largest absolute Gasteiger partial charge is 0.478 e. The van der Waals surface area contributed by atoms with Crippen LogP contribution in [0.3, 0.4) is 0 Å². The fraction of sp³-hybridized carbons (Fsp3) is 0.333. The summed E-state index contributed by atoms with van der Waals surface area (Å²) in [6, 6.07) is 15.2. The van der Waals surface area contributed by atoms with Crippen molar-refractivity contribution >= 4 is 17.1 Å². The Morgan fingerprint density at radius 3 is 2.81 bits per heavy atom. The monoisotopic (exact) mass is 368 g/mol. The van der Waals surface area contributed by atoms with Crippen molar-refractivity contribution in [3.63, 3.8) is 0 Å². The second kappa shape index (κ2) is 8.22. The Morgan fingerprint density at radius 2 is 2.04 bits per heavy atom. The molecule has 0 radical (unpaired) electrons. The summed E-state index contributed by atoms with van der Waals surface area (Å²) in [4.78, 5) is 15.6. The molecule has 0 aliphatic carbocycles. The van der Waals surface area contributed by atoms with E-state index in [0.717, 1.165) is 41.9 Å². The Morgan fingerprint density at radius 1 is 1.22 bits per heavy atom. The van der Waals surface area contributed by atoms with Gasteiger partial charge < -0.3 is 19.6 Å². The van der Waals surface area contributed by atoms with E-state index in [0.29, 0.717) is 12.3 Å². The number of para-hydroxylation sites is 2. The molecule has 0 fully saturated rings.